The minimum atomic E-state index is -1.02. The number of piperazine rings is 1. The number of ether oxygens (including phenoxy) is 1. The number of halogens is 2. The van der Waals surface area contributed by atoms with Gasteiger partial charge in [0.25, 0.3) is 5.91 Å². The second-order valence-electron chi connectivity index (χ2n) is 16.5. The van der Waals surface area contributed by atoms with Crippen molar-refractivity contribution in [2.24, 2.45) is 18.0 Å². The first-order valence-electron chi connectivity index (χ1n) is 20.5. The molecule has 0 spiro atoms. The first kappa shape index (κ1) is 38.6. The number of fused-ring (bicyclic) bond motifs is 7. The lowest BCUT2D eigenvalue weighted by Crippen LogP contribution is -2.56. The molecule has 4 aliphatic heterocycles. The maximum absolute atomic E-state index is 15.1. The Balaban J connectivity index is 0.847. The van der Waals surface area contributed by atoms with Gasteiger partial charge in [0, 0.05) is 86.5 Å². The van der Waals surface area contributed by atoms with Gasteiger partial charge in [0.1, 0.15) is 11.6 Å². The number of carbonyl (C=O) groups is 3. The molecule has 2 aromatic carbocycles. The molecule has 1 aliphatic carbocycles. The average Bonchev–Trinajstić information content (AvgIpc) is 3.72. The van der Waals surface area contributed by atoms with E-state index < -0.39 is 29.4 Å². The summed E-state index contributed by atoms with van der Waals surface area (Å²) in [7, 11) is 1.84. The van der Waals surface area contributed by atoms with Crippen molar-refractivity contribution in [3.05, 3.63) is 77.1 Å². The largest absolute Gasteiger partial charge is 0.477 e. The lowest BCUT2D eigenvalue weighted by molar-refractivity contribution is -0.134. The highest BCUT2D eigenvalue weighted by molar-refractivity contribution is 6.19. The summed E-state index contributed by atoms with van der Waals surface area (Å²) in [6, 6.07) is 12.8. The predicted octanol–water partition coefficient (Wildman–Crippen LogP) is 5.59. The molecule has 2 atom stereocenters. The van der Waals surface area contributed by atoms with Gasteiger partial charge < -0.3 is 25.2 Å². The van der Waals surface area contributed by atoms with E-state index >= 15 is 8.78 Å². The normalized spacial score (nSPS) is 24.6. The molecule has 59 heavy (non-hydrogen) atoms. The maximum Gasteiger partial charge on any atom is 0.280 e. The summed E-state index contributed by atoms with van der Waals surface area (Å²) in [5, 5.41) is 13.3. The number of nitrogens with zero attached hydrogens (tertiary/aromatic N) is 7. The molecule has 2 bridgehead atoms. The van der Waals surface area contributed by atoms with Gasteiger partial charge in [0.15, 0.2) is 0 Å². The quantitative estimate of drug-likeness (QED) is 0.217. The summed E-state index contributed by atoms with van der Waals surface area (Å²) in [6.07, 6.45) is 5.32. The average molecular weight is 807 g/mol. The van der Waals surface area contributed by atoms with Crippen LogP contribution < -0.4 is 30.5 Å². The predicted molar refractivity (Wildman–Crippen MR) is 220 cm³/mol. The fourth-order valence-corrected chi connectivity index (χ4v) is 9.04. The zero-order valence-corrected chi connectivity index (χ0v) is 33.4. The first-order chi connectivity index (χ1) is 28.5. The van der Waals surface area contributed by atoms with Gasteiger partial charge in [-0.25, -0.2) is 13.5 Å². The third-order valence-corrected chi connectivity index (χ3v) is 12.3. The van der Waals surface area contributed by atoms with Crippen LogP contribution in [0.1, 0.15) is 73.0 Å². The zero-order valence-electron chi connectivity index (χ0n) is 33.4. The number of hydrogen-bond acceptors (Lipinski definition) is 11. The molecule has 2 aromatic heterocycles. The molecule has 1 saturated carbocycles. The highest BCUT2D eigenvalue weighted by Crippen LogP contribution is 2.39. The number of aryl methyl sites for hydroxylation is 2. The third-order valence-electron chi connectivity index (χ3n) is 12.3. The number of imide groups is 1. The Bertz CT molecular complexity index is 2330. The van der Waals surface area contributed by atoms with E-state index in [1.165, 1.54) is 12.1 Å². The second kappa shape index (κ2) is 15.7. The molecule has 0 unspecified atom stereocenters. The fourth-order valence-electron chi connectivity index (χ4n) is 9.04. The topological polar surface area (TPSA) is 149 Å². The molecule has 14 nitrogen and oxygen atoms in total. The van der Waals surface area contributed by atoms with Crippen molar-refractivity contribution in [1.82, 2.24) is 25.0 Å². The number of amides is 3. The van der Waals surface area contributed by atoms with E-state index in [-0.39, 0.29) is 36.3 Å². The molecule has 0 radical (unpaired) electrons. The molecule has 3 amide bonds. The van der Waals surface area contributed by atoms with Crippen LogP contribution in [-0.2, 0) is 16.6 Å². The summed E-state index contributed by atoms with van der Waals surface area (Å²) in [5.41, 5.74) is 5.54. The van der Waals surface area contributed by atoms with Crippen molar-refractivity contribution in [3.8, 4) is 17.1 Å². The van der Waals surface area contributed by atoms with Gasteiger partial charge in [-0.15, -0.1) is 0 Å². The Morgan fingerprint density at radius 2 is 1.73 bits per heavy atom. The number of rotatable bonds is 5. The maximum atomic E-state index is 15.1. The minimum Gasteiger partial charge on any atom is -0.477 e. The second-order valence-corrected chi connectivity index (χ2v) is 16.5. The summed E-state index contributed by atoms with van der Waals surface area (Å²) < 4.78 is 38.1. The minimum absolute atomic E-state index is 0.0514. The van der Waals surface area contributed by atoms with Gasteiger partial charge in [0.2, 0.25) is 23.7 Å². The van der Waals surface area contributed by atoms with Crippen molar-refractivity contribution >= 4 is 46.4 Å². The molecule has 9 rings (SSSR count). The summed E-state index contributed by atoms with van der Waals surface area (Å²) >= 11 is 0. The number of aliphatic imine (C=N–C) groups is 1. The number of aromatic nitrogens is 3. The standard InChI is InChI=1S/C43H48F2N10O4/c1-24-5-4-14-59-42-32(22-46-52(42)3)36-16-26(15-25(2)47-36)40(57)51-43-49-35-8-6-29(21-37(35)55(43)23-24)53-10-12-54(13-11-53)30-17-27(18-30)48-28-19-33(44)39(34(45)20-28)31-7-9-38(56)50-41(31)58/h6,8,15-16,19-22,24,27,30-31,48H,4-5,7,9-14,17-18,23H2,1-3H3,(H,49,51,57)(H,50,56,58)/t24-,27-,30+,31-/m1/s1. The fraction of sp³-hybridized carbons (Fsp3) is 0.442. The van der Waals surface area contributed by atoms with Crippen LogP contribution in [0.25, 0.3) is 11.3 Å². The van der Waals surface area contributed by atoms with Crippen LogP contribution in [0.15, 0.2) is 53.7 Å². The summed E-state index contributed by atoms with van der Waals surface area (Å²) in [5.74, 6) is -2.63. The SMILES string of the molecule is Cc1cc2cc(n1)-c1cnn(C)c1OCCC[C@@H](C)CN1/C(=N/C2=O)Nc2ccc(N3CCN([C@H]4C[C@@H](Nc5cc(F)c([C@H]6CCC(=O)NC6=O)c(F)c5)C4)CC3)cc21. The molecule has 16 heteroatoms. The highest BCUT2D eigenvalue weighted by atomic mass is 19.1. The number of piperidine rings is 1. The van der Waals surface area contributed by atoms with Crippen LogP contribution in [0.4, 0.5) is 31.5 Å². The Kier molecular flexibility index (Phi) is 10.3. The van der Waals surface area contributed by atoms with Gasteiger partial charge in [0.05, 0.1) is 41.4 Å². The number of hydrogen-bond donors (Lipinski definition) is 3. The smallest absolute Gasteiger partial charge is 0.280 e. The summed E-state index contributed by atoms with van der Waals surface area (Å²) in [6.45, 7) is 8.72. The highest BCUT2D eigenvalue weighted by Gasteiger charge is 2.37. The van der Waals surface area contributed by atoms with Crippen LogP contribution in [0.2, 0.25) is 0 Å². The zero-order chi connectivity index (χ0) is 40.9. The van der Waals surface area contributed by atoms with Gasteiger partial charge in [-0.3, -0.25) is 29.6 Å². The number of guanidine groups is 1. The van der Waals surface area contributed by atoms with Crippen LogP contribution in [-0.4, -0.2) is 94.8 Å². The van der Waals surface area contributed by atoms with Crippen LogP contribution in [0, 0.1) is 24.5 Å². The van der Waals surface area contributed by atoms with E-state index in [0.717, 1.165) is 74.5 Å². The lowest BCUT2D eigenvalue weighted by atomic mass is 9.84. The third kappa shape index (κ3) is 7.73. The number of carbonyl (C=O) groups excluding carboxylic acids is 3. The Morgan fingerprint density at radius 1 is 0.949 bits per heavy atom. The first-order valence-corrected chi connectivity index (χ1v) is 20.5. The van der Waals surface area contributed by atoms with Crippen LogP contribution in [0.5, 0.6) is 5.88 Å². The van der Waals surface area contributed by atoms with Gasteiger partial charge in [-0.05, 0) is 87.4 Å². The molecule has 3 N–H and O–H groups in total. The molecule has 2 saturated heterocycles. The molecule has 6 heterocycles. The van der Waals surface area contributed by atoms with Crippen molar-refractivity contribution in [3.63, 3.8) is 0 Å². The molecule has 3 fully saturated rings. The monoisotopic (exact) mass is 806 g/mol. The lowest BCUT2D eigenvalue weighted by Gasteiger charge is -2.47. The van der Waals surface area contributed by atoms with Gasteiger partial charge in [-0.2, -0.15) is 10.1 Å². The molecule has 308 valence electrons. The number of benzene rings is 2. The van der Waals surface area contributed by atoms with E-state index in [2.05, 4.69) is 65.9 Å². The molecule has 4 aromatic rings. The molecular weight excluding hydrogens is 759 g/mol. The van der Waals surface area contributed by atoms with Crippen LogP contribution >= 0.6 is 0 Å². The number of pyridine rings is 1. The number of anilines is 4. The van der Waals surface area contributed by atoms with E-state index in [1.807, 2.05) is 14.0 Å². The van der Waals surface area contributed by atoms with Crippen molar-refractivity contribution < 1.29 is 27.9 Å². The Labute approximate surface area is 341 Å². The van der Waals surface area contributed by atoms with Gasteiger partial charge in [-0.1, -0.05) is 6.92 Å². The van der Waals surface area contributed by atoms with E-state index in [1.54, 1.807) is 23.0 Å². The van der Waals surface area contributed by atoms with Crippen LogP contribution in [0.3, 0.4) is 0 Å². The Morgan fingerprint density at radius 3 is 2.49 bits per heavy atom. The van der Waals surface area contributed by atoms with E-state index in [4.69, 9.17) is 9.72 Å². The van der Waals surface area contributed by atoms with Gasteiger partial charge >= 0.3 is 0 Å². The number of nitrogens with one attached hydrogen (secondary N) is 3. The molecular formula is C43H48F2N10O4. The van der Waals surface area contributed by atoms with Crippen molar-refractivity contribution in [2.45, 2.75) is 70.4 Å². The summed E-state index contributed by atoms with van der Waals surface area (Å²) in [4.78, 5) is 54.0. The van der Waals surface area contributed by atoms with E-state index in [0.29, 0.717) is 53.7 Å². The van der Waals surface area contributed by atoms with E-state index in [9.17, 15) is 14.4 Å². The van der Waals surface area contributed by atoms with Crippen molar-refractivity contribution in [2.75, 3.05) is 59.8 Å². The molecule has 5 aliphatic rings. The van der Waals surface area contributed by atoms with Crippen molar-refractivity contribution in [1.29, 1.82) is 0 Å². The Hall–Kier alpha value is -5.90.